The van der Waals surface area contributed by atoms with Gasteiger partial charge in [-0.05, 0) is 67.6 Å². The van der Waals surface area contributed by atoms with E-state index in [-0.39, 0.29) is 42.6 Å². The number of benzene rings is 2. The van der Waals surface area contributed by atoms with Gasteiger partial charge in [0.05, 0.1) is 18.1 Å². The number of nitrogens with zero attached hydrogens (tertiary/aromatic N) is 1. The van der Waals surface area contributed by atoms with Crippen molar-refractivity contribution >= 4 is 11.8 Å². The van der Waals surface area contributed by atoms with Crippen molar-refractivity contribution in [2.45, 2.75) is 43.8 Å². The third-order valence-electron chi connectivity index (χ3n) is 6.72. The van der Waals surface area contributed by atoms with Crippen LogP contribution in [0.4, 0.5) is 4.39 Å². The molecule has 1 atom stereocenters. The standard InChI is InChI=1S/C25H27FN2O5/c26-19-4-2-18(3-5-19)24(30)28-11-9-25(10-12-28)8-7-20(33-25)15-27-23(29)14-17-1-6-21-22(13-17)32-16-31-21/h1-6,13,20H,7-12,14-16H2,(H,27,29). The summed E-state index contributed by atoms with van der Waals surface area (Å²) in [4.78, 5) is 26.9. The highest BCUT2D eigenvalue weighted by Gasteiger charge is 2.43. The molecule has 174 valence electrons. The molecule has 0 bridgehead atoms. The molecular weight excluding hydrogens is 427 g/mol. The number of fused-ring (bicyclic) bond motifs is 1. The zero-order valence-electron chi connectivity index (χ0n) is 18.3. The molecule has 0 saturated carbocycles. The lowest BCUT2D eigenvalue weighted by atomic mass is 9.88. The average Bonchev–Trinajstić information content (AvgIpc) is 3.45. The van der Waals surface area contributed by atoms with Crippen LogP contribution in [0.1, 0.15) is 41.6 Å². The van der Waals surface area contributed by atoms with Crippen LogP contribution in [0.3, 0.4) is 0 Å². The Hall–Kier alpha value is -3.13. The fourth-order valence-electron chi connectivity index (χ4n) is 4.83. The van der Waals surface area contributed by atoms with Crippen molar-refractivity contribution < 1.29 is 28.2 Å². The third-order valence-corrected chi connectivity index (χ3v) is 6.72. The van der Waals surface area contributed by atoms with E-state index in [4.69, 9.17) is 14.2 Å². The normalized spacial score (nSPS) is 20.8. The fourth-order valence-corrected chi connectivity index (χ4v) is 4.83. The molecule has 2 aromatic rings. The summed E-state index contributed by atoms with van der Waals surface area (Å²) in [5, 5.41) is 2.98. The maximum absolute atomic E-state index is 13.1. The Kier molecular flexibility index (Phi) is 5.93. The molecule has 3 aliphatic rings. The van der Waals surface area contributed by atoms with Crippen LogP contribution >= 0.6 is 0 Å². The van der Waals surface area contributed by atoms with E-state index in [0.717, 1.165) is 31.2 Å². The highest BCUT2D eigenvalue weighted by molar-refractivity contribution is 5.94. The Balaban J connectivity index is 1.07. The predicted molar refractivity (Wildman–Crippen MR) is 118 cm³/mol. The highest BCUT2D eigenvalue weighted by atomic mass is 19.1. The SMILES string of the molecule is O=C(Cc1ccc2c(c1)OCO2)NCC1CCC2(CCN(C(=O)c3ccc(F)cc3)CC2)O1. The molecule has 7 nitrogen and oxygen atoms in total. The number of rotatable bonds is 5. The number of halogens is 1. The van der Waals surface area contributed by atoms with E-state index in [1.54, 1.807) is 0 Å². The van der Waals surface area contributed by atoms with E-state index in [1.165, 1.54) is 24.3 Å². The Morgan fingerprint density at radius 3 is 2.58 bits per heavy atom. The maximum Gasteiger partial charge on any atom is 0.253 e. The number of amides is 2. The van der Waals surface area contributed by atoms with E-state index < -0.39 is 0 Å². The number of carbonyl (C=O) groups is 2. The van der Waals surface area contributed by atoms with Crippen LogP contribution in [0.2, 0.25) is 0 Å². The lowest BCUT2D eigenvalue weighted by molar-refractivity contribution is -0.122. The quantitative estimate of drug-likeness (QED) is 0.752. The number of hydrogen-bond acceptors (Lipinski definition) is 5. The molecule has 2 saturated heterocycles. The minimum absolute atomic E-state index is 0.0231. The predicted octanol–water partition coefficient (Wildman–Crippen LogP) is 3.07. The summed E-state index contributed by atoms with van der Waals surface area (Å²) in [6.07, 6.45) is 3.59. The molecule has 1 spiro atoms. The van der Waals surface area contributed by atoms with E-state index in [0.29, 0.717) is 36.7 Å². The third kappa shape index (κ3) is 4.80. The van der Waals surface area contributed by atoms with Crippen molar-refractivity contribution in [1.82, 2.24) is 10.2 Å². The number of hydrogen-bond donors (Lipinski definition) is 1. The topological polar surface area (TPSA) is 77.1 Å². The molecule has 2 fully saturated rings. The molecule has 1 unspecified atom stereocenters. The van der Waals surface area contributed by atoms with Crippen LogP contribution < -0.4 is 14.8 Å². The van der Waals surface area contributed by atoms with Crippen LogP contribution in [-0.2, 0) is 16.0 Å². The van der Waals surface area contributed by atoms with Crippen LogP contribution in [0.5, 0.6) is 11.5 Å². The van der Waals surface area contributed by atoms with Gasteiger partial charge in [-0.25, -0.2) is 4.39 Å². The van der Waals surface area contributed by atoms with E-state index in [1.807, 2.05) is 23.1 Å². The monoisotopic (exact) mass is 454 g/mol. The molecule has 8 heteroatoms. The Bertz CT molecular complexity index is 1030. The fraction of sp³-hybridized carbons (Fsp3) is 0.440. The molecule has 3 aliphatic heterocycles. The zero-order chi connectivity index (χ0) is 22.8. The molecule has 0 radical (unpaired) electrons. The van der Waals surface area contributed by atoms with Gasteiger partial charge in [0, 0.05) is 25.2 Å². The van der Waals surface area contributed by atoms with Crippen LogP contribution in [0, 0.1) is 5.82 Å². The van der Waals surface area contributed by atoms with Crippen molar-refractivity contribution in [3.63, 3.8) is 0 Å². The van der Waals surface area contributed by atoms with Crippen molar-refractivity contribution in [1.29, 1.82) is 0 Å². The van der Waals surface area contributed by atoms with Crippen LogP contribution in [0.25, 0.3) is 0 Å². The molecule has 2 aromatic carbocycles. The van der Waals surface area contributed by atoms with Gasteiger partial charge in [0.1, 0.15) is 5.82 Å². The van der Waals surface area contributed by atoms with Gasteiger partial charge in [-0.2, -0.15) is 0 Å². The smallest absolute Gasteiger partial charge is 0.253 e. The molecule has 0 aromatic heterocycles. The second-order valence-electron chi connectivity index (χ2n) is 8.93. The highest BCUT2D eigenvalue weighted by Crippen LogP contribution is 2.39. The molecule has 0 aliphatic carbocycles. The number of nitrogens with one attached hydrogen (secondary N) is 1. The summed E-state index contributed by atoms with van der Waals surface area (Å²) >= 11 is 0. The molecule has 3 heterocycles. The summed E-state index contributed by atoms with van der Waals surface area (Å²) in [6, 6.07) is 11.2. The number of likely N-dealkylation sites (tertiary alicyclic amines) is 1. The minimum Gasteiger partial charge on any atom is -0.454 e. The summed E-state index contributed by atoms with van der Waals surface area (Å²) < 4.78 is 30.1. The van der Waals surface area contributed by atoms with Gasteiger partial charge in [0.2, 0.25) is 12.7 Å². The van der Waals surface area contributed by atoms with E-state index in [9.17, 15) is 14.0 Å². The molecular formula is C25H27FN2O5. The van der Waals surface area contributed by atoms with Gasteiger partial charge in [0.25, 0.3) is 5.91 Å². The largest absolute Gasteiger partial charge is 0.454 e. The molecule has 5 rings (SSSR count). The van der Waals surface area contributed by atoms with Gasteiger partial charge in [-0.3, -0.25) is 9.59 Å². The van der Waals surface area contributed by atoms with Gasteiger partial charge in [0.15, 0.2) is 11.5 Å². The van der Waals surface area contributed by atoms with Crippen molar-refractivity contribution in [2.75, 3.05) is 26.4 Å². The van der Waals surface area contributed by atoms with E-state index in [2.05, 4.69) is 5.32 Å². The second-order valence-corrected chi connectivity index (χ2v) is 8.93. The van der Waals surface area contributed by atoms with Gasteiger partial charge in [-0.15, -0.1) is 0 Å². The van der Waals surface area contributed by atoms with Crippen molar-refractivity contribution in [3.8, 4) is 11.5 Å². The molecule has 1 N–H and O–H groups in total. The minimum atomic E-state index is -0.350. The maximum atomic E-state index is 13.1. The number of piperidine rings is 1. The Morgan fingerprint density at radius 1 is 1.03 bits per heavy atom. The van der Waals surface area contributed by atoms with E-state index >= 15 is 0 Å². The first kappa shape index (κ1) is 21.7. The van der Waals surface area contributed by atoms with Gasteiger partial charge in [-0.1, -0.05) is 6.07 Å². The summed E-state index contributed by atoms with van der Waals surface area (Å²) in [5.74, 6) is 0.894. The number of carbonyl (C=O) groups excluding carboxylic acids is 2. The molecule has 2 amide bonds. The summed E-state index contributed by atoms with van der Waals surface area (Å²) in [5.41, 5.74) is 1.15. The first-order valence-electron chi connectivity index (χ1n) is 11.4. The lowest BCUT2D eigenvalue weighted by Gasteiger charge is -2.39. The lowest BCUT2D eigenvalue weighted by Crippen LogP contribution is -2.47. The second kappa shape index (κ2) is 9.02. The average molecular weight is 454 g/mol. The van der Waals surface area contributed by atoms with Crippen LogP contribution in [0.15, 0.2) is 42.5 Å². The summed E-state index contributed by atoms with van der Waals surface area (Å²) in [6.45, 7) is 1.91. The zero-order valence-corrected chi connectivity index (χ0v) is 18.3. The first-order chi connectivity index (χ1) is 16.0. The Labute approximate surface area is 191 Å². The molecule has 33 heavy (non-hydrogen) atoms. The van der Waals surface area contributed by atoms with Crippen LogP contribution in [-0.4, -0.2) is 54.8 Å². The Morgan fingerprint density at radius 2 is 1.79 bits per heavy atom. The van der Waals surface area contributed by atoms with Gasteiger partial charge >= 0.3 is 0 Å². The van der Waals surface area contributed by atoms with Gasteiger partial charge < -0.3 is 24.4 Å². The summed E-state index contributed by atoms with van der Waals surface area (Å²) in [7, 11) is 0. The van der Waals surface area contributed by atoms with Crippen molar-refractivity contribution in [2.24, 2.45) is 0 Å². The first-order valence-corrected chi connectivity index (χ1v) is 11.4. The van der Waals surface area contributed by atoms with Crippen molar-refractivity contribution in [3.05, 3.63) is 59.4 Å². The number of ether oxygens (including phenoxy) is 3.